The number of nitrogens with zero attached hydrogens (tertiary/aromatic N) is 2. The van der Waals surface area contributed by atoms with E-state index in [0.717, 1.165) is 18.5 Å². The first kappa shape index (κ1) is 12.2. The Morgan fingerprint density at radius 2 is 2.37 bits per heavy atom. The smallest absolute Gasteiger partial charge is 0.335 e. The van der Waals surface area contributed by atoms with E-state index in [1.165, 1.54) is 0 Å². The van der Waals surface area contributed by atoms with Crippen LogP contribution in [-0.4, -0.2) is 33.3 Å². The van der Waals surface area contributed by atoms with Crippen LogP contribution in [-0.2, 0) is 10.3 Å². The minimum absolute atomic E-state index is 0.115. The topological polar surface area (TPSA) is 64.4 Å². The van der Waals surface area contributed by atoms with Crippen molar-refractivity contribution in [1.29, 1.82) is 0 Å². The zero-order valence-electron chi connectivity index (χ0n) is 11.0. The maximum absolute atomic E-state index is 11.0. The molecule has 1 fully saturated rings. The molecule has 2 aromatic rings. The number of hydrogen-bond acceptors (Lipinski definition) is 3. The minimum atomic E-state index is -0.930. The quantitative estimate of drug-likeness (QED) is 0.899. The number of aromatic nitrogens is 2. The lowest BCUT2D eigenvalue weighted by atomic mass is 9.94. The van der Waals surface area contributed by atoms with E-state index in [-0.39, 0.29) is 17.2 Å². The lowest BCUT2D eigenvalue weighted by Crippen LogP contribution is -2.36. The van der Waals surface area contributed by atoms with E-state index >= 15 is 0 Å². The predicted molar refractivity (Wildman–Crippen MR) is 70.4 cm³/mol. The summed E-state index contributed by atoms with van der Waals surface area (Å²) in [5, 5.41) is 9.00. The van der Waals surface area contributed by atoms with Crippen LogP contribution in [0.5, 0.6) is 0 Å². The standard InChI is InChI=1S/C14H16N2O3/c1-9-14(2,5-6-19-9)16-8-15-11-7-10(13(17)18)3-4-12(11)16/h3-4,7-9H,5-6H2,1-2H3,(H,17,18). The summed E-state index contributed by atoms with van der Waals surface area (Å²) in [6, 6.07) is 5.05. The molecule has 1 aliphatic rings. The maximum Gasteiger partial charge on any atom is 0.335 e. The molecule has 1 aromatic heterocycles. The highest BCUT2D eigenvalue weighted by molar-refractivity contribution is 5.92. The van der Waals surface area contributed by atoms with Gasteiger partial charge in [-0.15, -0.1) is 0 Å². The molecule has 5 nitrogen and oxygen atoms in total. The first-order valence-corrected chi connectivity index (χ1v) is 6.35. The van der Waals surface area contributed by atoms with Crippen molar-refractivity contribution in [3.63, 3.8) is 0 Å². The second-order valence-corrected chi connectivity index (χ2v) is 5.24. The monoisotopic (exact) mass is 260 g/mol. The summed E-state index contributed by atoms with van der Waals surface area (Å²) in [7, 11) is 0. The third kappa shape index (κ3) is 1.73. The molecule has 0 radical (unpaired) electrons. The molecule has 1 N–H and O–H groups in total. The van der Waals surface area contributed by atoms with Gasteiger partial charge >= 0.3 is 5.97 Å². The highest BCUT2D eigenvalue weighted by Crippen LogP contribution is 2.35. The lowest BCUT2D eigenvalue weighted by Gasteiger charge is -2.30. The first-order chi connectivity index (χ1) is 9.02. The molecule has 1 aromatic carbocycles. The molecule has 0 bridgehead atoms. The number of carboxylic acid groups (broad SMARTS) is 1. The van der Waals surface area contributed by atoms with Crippen LogP contribution in [0.4, 0.5) is 0 Å². The van der Waals surface area contributed by atoms with Crippen LogP contribution in [0.25, 0.3) is 11.0 Å². The van der Waals surface area contributed by atoms with E-state index in [2.05, 4.69) is 23.4 Å². The van der Waals surface area contributed by atoms with Crippen molar-refractivity contribution in [3.05, 3.63) is 30.1 Å². The molecule has 0 amide bonds. The fraction of sp³-hybridized carbons (Fsp3) is 0.429. The molecule has 1 saturated heterocycles. The molecule has 2 heterocycles. The Morgan fingerprint density at radius 1 is 1.58 bits per heavy atom. The zero-order chi connectivity index (χ0) is 13.6. The largest absolute Gasteiger partial charge is 0.478 e. The molecule has 3 rings (SSSR count). The summed E-state index contributed by atoms with van der Waals surface area (Å²) < 4.78 is 7.76. The van der Waals surface area contributed by atoms with E-state index in [1.54, 1.807) is 18.5 Å². The Balaban J connectivity index is 2.13. The van der Waals surface area contributed by atoms with Gasteiger partial charge in [0.15, 0.2) is 0 Å². The Labute approximate surface area is 110 Å². The zero-order valence-corrected chi connectivity index (χ0v) is 11.0. The van der Waals surface area contributed by atoms with Gasteiger partial charge < -0.3 is 14.4 Å². The van der Waals surface area contributed by atoms with E-state index in [4.69, 9.17) is 9.84 Å². The Bertz CT molecular complexity index is 649. The number of hydrogen-bond donors (Lipinski definition) is 1. The van der Waals surface area contributed by atoms with Crippen molar-refractivity contribution < 1.29 is 14.6 Å². The molecule has 19 heavy (non-hydrogen) atoms. The second-order valence-electron chi connectivity index (χ2n) is 5.24. The van der Waals surface area contributed by atoms with Crippen LogP contribution < -0.4 is 0 Å². The van der Waals surface area contributed by atoms with Crippen molar-refractivity contribution in [2.45, 2.75) is 31.9 Å². The molecule has 5 heteroatoms. The summed E-state index contributed by atoms with van der Waals surface area (Å²) >= 11 is 0. The van der Waals surface area contributed by atoms with Gasteiger partial charge in [-0.2, -0.15) is 0 Å². The molecule has 2 atom stereocenters. The van der Waals surface area contributed by atoms with E-state index in [9.17, 15) is 4.79 Å². The molecule has 0 saturated carbocycles. The minimum Gasteiger partial charge on any atom is -0.478 e. The van der Waals surface area contributed by atoms with Crippen molar-refractivity contribution in [3.8, 4) is 0 Å². The summed E-state index contributed by atoms with van der Waals surface area (Å²) in [5.41, 5.74) is 1.79. The van der Waals surface area contributed by atoms with Gasteiger partial charge in [0.1, 0.15) is 0 Å². The van der Waals surface area contributed by atoms with E-state index in [0.29, 0.717) is 5.52 Å². The Kier molecular flexibility index (Phi) is 2.60. The van der Waals surface area contributed by atoms with Crippen LogP contribution in [0.2, 0.25) is 0 Å². The number of carboxylic acids is 1. The van der Waals surface area contributed by atoms with Crippen molar-refractivity contribution in [2.24, 2.45) is 0 Å². The summed E-state index contributed by atoms with van der Waals surface area (Å²) in [5.74, 6) is -0.930. The molecule has 100 valence electrons. The molecular formula is C14H16N2O3. The molecule has 0 aliphatic carbocycles. The van der Waals surface area contributed by atoms with Crippen LogP contribution in [0.1, 0.15) is 30.6 Å². The first-order valence-electron chi connectivity index (χ1n) is 6.35. The summed E-state index contributed by atoms with van der Waals surface area (Å²) in [4.78, 5) is 15.3. The van der Waals surface area contributed by atoms with Gasteiger partial charge in [0.05, 0.1) is 34.6 Å². The van der Waals surface area contributed by atoms with Crippen LogP contribution in [0.3, 0.4) is 0 Å². The highest BCUT2D eigenvalue weighted by Gasteiger charge is 2.39. The van der Waals surface area contributed by atoms with Gasteiger partial charge in [-0.1, -0.05) is 0 Å². The normalized spacial score (nSPS) is 26.9. The van der Waals surface area contributed by atoms with E-state index in [1.807, 2.05) is 6.07 Å². The number of carbonyl (C=O) groups is 1. The number of fused-ring (bicyclic) bond motifs is 1. The number of ether oxygens (including phenoxy) is 1. The highest BCUT2D eigenvalue weighted by atomic mass is 16.5. The number of benzene rings is 1. The van der Waals surface area contributed by atoms with Crippen LogP contribution >= 0.6 is 0 Å². The molecule has 1 aliphatic heterocycles. The fourth-order valence-electron chi connectivity index (χ4n) is 2.69. The van der Waals surface area contributed by atoms with Crippen molar-refractivity contribution in [1.82, 2.24) is 9.55 Å². The predicted octanol–water partition coefficient (Wildman–Crippen LogP) is 2.26. The summed E-state index contributed by atoms with van der Waals surface area (Å²) in [6.07, 6.45) is 2.82. The van der Waals surface area contributed by atoms with Gasteiger partial charge in [0.25, 0.3) is 0 Å². The van der Waals surface area contributed by atoms with E-state index < -0.39 is 5.97 Å². The van der Waals surface area contributed by atoms with Crippen LogP contribution in [0, 0.1) is 0 Å². The maximum atomic E-state index is 11.0. The fourth-order valence-corrected chi connectivity index (χ4v) is 2.69. The molecule has 0 spiro atoms. The lowest BCUT2D eigenvalue weighted by molar-refractivity contribution is 0.0697. The van der Waals surface area contributed by atoms with Gasteiger partial charge in [-0.05, 0) is 38.5 Å². The number of imidazole rings is 1. The SMILES string of the molecule is CC1OCCC1(C)n1cnc2cc(C(=O)O)ccc21. The van der Waals surface area contributed by atoms with Gasteiger partial charge in [0, 0.05) is 6.61 Å². The van der Waals surface area contributed by atoms with Crippen LogP contribution in [0.15, 0.2) is 24.5 Å². The van der Waals surface area contributed by atoms with Crippen molar-refractivity contribution >= 4 is 17.0 Å². The average molecular weight is 260 g/mol. The number of rotatable bonds is 2. The third-order valence-corrected chi connectivity index (χ3v) is 4.20. The second kappa shape index (κ2) is 4.06. The Morgan fingerprint density at radius 3 is 3.00 bits per heavy atom. The van der Waals surface area contributed by atoms with Gasteiger partial charge in [-0.25, -0.2) is 9.78 Å². The molecular weight excluding hydrogens is 244 g/mol. The number of aromatic carboxylic acids is 1. The summed E-state index contributed by atoms with van der Waals surface area (Å²) in [6.45, 7) is 4.95. The van der Waals surface area contributed by atoms with Gasteiger partial charge in [0.2, 0.25) is 0 Å². The van der Waals surface area contributed by atoms with Gasteiger partial charge in [-0.3, -0.25) is 0 Å². The Hall–Kier alpha value is -1.88. The van der Waals surface area contributed by atoms with Crippen molar-refractivity contribution in [2.75, 3.05) is 6.61 Å². The third-order valence-electron chi connectivity index (χ3n) is 4.20. The molecule has 2 unspecified atom stereocenters. The average Bonchev–Trinajstić information content (AvgIpc) is 2.94.